The number of carbonyl (C=O) groups is 1. The van der Waals surface area contributed by atoms with Crippen molar-refractivity contribution < 1.29 is 13.2 Å². The molecule has 1 aliphatic rings. The maximum Gasteiger partial charge on any atom is 0.264 e. The lowest BCUT2D eigenvalue weighted by Crippen LogP contribution is -2.42. The van der Waals surface area contributed by atoms with Crippen molar-refractivity contribution in [3.63, 3.8) is 0 Å². The first kappa shape index (κ1) is 13.0. The predicted octanol–water partition coefficient (Wildman–Crippen LogP) is 0.491. The van der Waals surface area contributed by atoms with E-state index in [0.29, 0.717) is 6.54 Å². The average Bonchev–Trinajstić information content (AvgIpc) is 2.40. The Morgan fingerprint density at radius 1 is 1.28 bits per heavy atom. The largest absolute Gasteiger partial charge is 0.316 e. The minimum atomic E-state index is -3.74. The van der Waals surface area contributed by atoms with Crippen molar-refractivity contribution in [2.45, 2.75) is 17.7 Å². The van der Waals surface area contributed by atoms with Crippen molar-refractivity contribution in [3.05, 3.63) is 30.3 Å². The van der Waals surface area contributed by atoms with E-state index in [-0.39, 0.29) is 10.8 Å². The van der Waals surface area contributed by atoms with E-state index in [9.17, 15) is 13.2 Å². The molecule has 1 atom stereocenters. The number of sulfonamides is 1. The van der Waals surface area contributed by atoms with Gasteiger partial charge in [0.05, 0.1) is 10.8 Å². The molecule has 0 unspecified atom stereocenters. The number of hydrogen-bond acceptors (Lipinski definition) is 4. The van der Waals surface area contributed by atoms with Gasteiger partial charge < -0.3 is 5.32 Å². The van der Waals surface area contributed by atoms with Crippen LogP contribution < -0.4 is 10.0 Å². The standard InChI is InChI=1S/C12H16N2O3S/c15-12(10-5-4-8-13-9-10)14-18(16,17)11-6-2-1-3-7-11/h1-3,6-7,10,13H,4-5,8-9H2,(H,14,15)/t10-/m0/s1. The number of rotatable bonds is 3. The van der Waals surface area contributed by atoms with Crippen LogP contribution in [-0.2, 0) is 14.8 Å². The maximum atomic E-state index is 11.9. The zero-order chi connectivity index (χ0) is 13.0. The summed E-state index contributed by atoms with van der Waals surface area (Å²) in [6.45, 7) is 1.42. The van der Waals surface area contributed by atoms with Gasteiger partial charge in [-0.1, -0.05) is 18.2 Å². The van der Waals surface area contributed by atoms with Gasteiger partial charge in [-0.3, -0.25) is 4.79 Å². The van der Waals surface area contributed by atoms with Gasteiger partial charge in [-0.2, -0.15) is 0 Å². The molecule has 1 fully saturated rings. The van der Waals surface area contributed by atoms with Gasteiger partial charge in [-0.25, -0.2) is 13.1 Å². The van der Waals surface area contributed by atoms with Crippen molar-refractivity contribution in [2.75, 3.05) is 13.1 Å². The first-order valence-electron chi connectivity index (χ1n) is 5.92. The van der Waals surface area contributed by atoms with E-state index in [4.69, 9.17) is 0 Å². The third-order valence-electron chi connectivity index (χ3n) is 2.96. The number of amides is 1. The molecule has 5 nitrogen and oxygen atoms in total. The van der Waals surface area contributed by atoms with Gasteiger partial charge >= 0.3 is 0 Å². The van der Waals surface area contributed by atoms with Crippen LogP contribution in [0.15, 0.2) is 35.2 Å². The van der Waals surface area contributed by atoms with E-state index in [1.54, 1.807) is 18.2 Å². The molecule has 0 aliphatic carbocycles. The van der Waals surface area contributed by atoms with Crippen LogP contribution in [0.3, 0.4) is 0 Å². The summed E-state index contributed by atoms with van der Waals surface area (Å²) in [5.41, 5.74) is 0. The number of nitrogens with one attached hydrogen (secondary N) is 2. The molecule has 1 heterocycles. The Labute approximate surface area is 107 Å². The molecular weight excluding hydrogens is 252 g/mol. The van der Waals surface area contributed by atoms with Gasteiger partial charge in [-0.15, -0.1) is 0 Å². The van der Waals surface area contributed by atoms with Gasteiger partial charge in [-0.05, 0) is 31.5 Å². The molecule has 0 radical (unpaired) electrons. The molecule has 0 bridgehead atoms. The van der Waals surface area contributed by atoms with E-state index in [0.717, 1.165) is 19.4 Å². The highest BCUT2D eigenvalue weighted by Gasteiger charge is 2.25. The monoisotopic (exact) mass is 268 g/mol. The van der Waals surface area contributed by atoms with Crippen molar-refractivity contribution in [1.29, 1.82) is 0 Å². The molecule has 6 heteroatoms. The third-order valence-corrected chi connectivity index (χ3v) is 4.32. The Kier molecular flexibility index (Phi) is 3.98. The smallest absolute Gasteiger partial charge is 0.264 e. The molecule has 1 aromatic rings. The van der Waals surface area contributed by atoms with Crippen LogP contribution >= 0.6 is 0 Å². The lowest BCUT2D eigenvalue weighted by atomic mass is 9.99. The summed E-state index contributed by atoms with van der Waals surface area (Å²) in [5, 5.41) is 3.09. The Bertz CT molecular complexity index is 507. The van der Waals surface area contributed by atoms with Crippen molar-refractivity contribution in [1.82, 2.24) is 10.0 Å². The molecule has 2 N–H and O–H groups in total. The SMILES string of the molecule is O=C(NS(=O)(=O)c1ccccc1)[C@H]1CCCNC1. The van der Waals surface area contributed by atoms with Crippen LogP contribution in [0, 0.1) is 5.92 Å². The van der Waals surface area contributed by atoms with E-state index in [1.165, 1.54) is 12.1 Å². The highest BCUT2D eigenvalue weighted by Crippen LogP contribution is 2.12. The molecule has 0 saturated carbocycles. The van der Waals surface area contributed by atoms with Crippen molar-refractivity contribution in [2.24, 2.45) is 5.92 Å². The Balaban J connectivity index is 2.06. The molecule has 1 aliphatic heterocycles. The quantitative estimate of drug-likeness (QED) is 0.836. The fourth-order valence-electron chi connectivity index (χ4n) is 1.95. The first-order chi connectivity index (χ1) is 8.59. The molecule has 1 aromatic carbocycles. The summed E-state index contributed by atoms with van der Waals surface area (Å²) in [4.78, 5) is 12.0. The highest BCUT2D eigenvalue weighted by molar-refractivity contribution is 7.90. The summed E-state index contributed by atoms with van der Waals surface area (Å²) in [6.07, 6.45) is 1.62. The Morgan fingerprint density at radius 3 is 2.61 bits per heavy atom. The minimum Gasteiger partial charge on any atom is -0.316 e. The lowest BCUT2D eigenvalue weighted by Gasteiger charge is -2.21. The zero-order valence-corrected chi connectivity index (χ0v) is 10.7. The van der Waals surface area contributed by atoms with Crippen LogP contribution in [0.1, 0.15) is 12.8 Å². The van der Waals surface area contributed by atoms with E-state index in [1.807, 2.05) is 0 Å². The fourth-order valence-corrected chi connectivity index (χ4v) is 3.01. The van der Waals surface area contributed by atoms with Crippen molar-refractivity contribution in [3.8, 4) is 0 Å². The van der Waals surface area contributed by atoms with E-state index < -0.39 is 15.9 Å². The minimum absolute atomic E-state index is 0.113. The van der Waals surface area contributed by atoms with Gasteiger partial charge in [0.1, 0.15) is 0 Å². The molecule has 2 rings (SSSR count). The molecule has 0 spiro atoms. The van der Waals surface area contributed by atoms with Crippen LogP contribution in [0.25, 0.3) is 0 Å². The predicted molar refractivity (Wildman–Crippen MR) is 67.4 cm³/mol. The van der Waals surface area contributed by atoms with Crippen molar-refractivity contribution >= 4 is 15.9 Å². The summed E-state index contributed by atoms with van der Waals surface area (Å²) in [5.74, 6) is -0.691. The van der Waals surface area contributed by atoms with E-state index >= 15 is 0 Å². The Morgan fingerprint density at radius 2 is 2.00 bits per heavy atom. The molecular formula is C12H16N2O3S. The Hall–Kier alpha value is -1.40. The summed E-state index contributed by atoms with van der Waals surface area (Å²) in [7, 11) is -3.74. The van der Waals surface area contributed by atoms with Crippen LogP contribution in [0.2, 0.25) is 0 Å². The highest BCUT2D eigenvalue weighted by atomic mass is 32.2. The fraction of sp³-hybridized carbons (Fsp3) is 0.417. The number of hydrogen-bond donors (Lipinski definition) is 2. The van der Waals surface area contributed by atoms with E-state index in [2.05, 4.69) is 10.0 Å². The van der Waals surface area contributed by atoms with Crippen LogP contribution in [0.5, 0.6) is 0 Å². The number of benzene rings is 1. The third kappa shape index (κ3) is 3.08. The molecule has 0 aromatic heterocycles. The summed E-state index contributed by atoms with van der Waals surface area (Å²) >= 11 is 0. The second-order valence-electron chi connectivity index (χ2n) is 4.33. The number of carbonyl (C=O) groups excluding carboxylic acids is 1. The summed E-state index contributed by atoms with van der Waals surface area (Å²) in [6, 6.07) is 7.91. The summed E-state index contributed by atoms with van der Waals surface area (Å²) < 4.78 is 26.0. The van der Waals surface area contributed by atoms with Gasteiger partial charge in [0.15, 0.2) is 0 Å². The maximum absolute atomic E-state index is 11.9. The lowest BCUT2D eigenvalue weighted by molar-refractivity contribution is -0.123. The molecule has 18 heavy (non-hydrogen) atoms. The van der Waals surface area contributed by atoms with Gasteiger partial charge in [0.25, 0.3) is 10.0 Å². The van der Waals surface area contributed by atoms with Crippen LogP contribution in [0.4, 0.5) is 0 Å². The second-order valence-corrected chi connectivity index (χ2v) is 6.01. The van der Waals surface area contributed by atoms with Crippen LogP contribution in [-0.4, -0.2) is 27.4 Å². The zero-order valence-electron chi connectivity index (χ0n) is 9.93. The molecule has 98 valence electrons. The average molecular weight is 268 g/mol. The van der Waals surface area contributed by atoms with Gasteiger partial charge in [0, 0.05) is 6.54 Å². The second kappa shape index (κ2) is 5.49. The first-order valence-corrected chi connectivity index (χ1v) is 7.40. The van der Waals surface area contributed by atoms with Gasteiger partial charge in [0.2, 0.25) is 5.91 Å². The molecule has 1 amide bonds. The normalized spacial score (nSPS) is 20.3. The number of piperidine rings is 1. The topological polar surface area (TPSA) is 75.3 Å². The molecule has 1 saturated heterocycles.